The van der Waals surface area contributed by atoms with Crippen LogP contribution in [0.25, 0.3) is 0 Å². The molecule has 0 unspecified atom stereocenters. The zero-order valence-electron chi connectivity index (χ0n) is 19.0. The third-order valence-corrected chi connectivity index (χ3v) is 5.82. The van der Waals surface area contributed by atoms with Gasteiger partial charge in [-0.25, -0.2) is 0 Å². The largest absolute Gasteiger partial charge is 0.489 e. The molecule has 6 nitrogen and oxygen atoms in total. The first-order chi connectivity index (χ1) is 15.8. The van der Waals surface area contributed by atoms with Crippen LogP contribution in [0.4, 0.5) is 5.69 Å². The first-order valence-electron chi connectivity index (χ1n) is 11.2. The van der Waals surface area contributed by atoms with Crippen molar-refractivity contribution in [2.45, 2.75) is 44.9 Å². The Hall–Kier alpha value is -2.64. The zero-order chi connectivity index (χ0) is 22.0. The van der Waals surface area contributed by atoms with E-state index in [-0.39, 0.29) is 36.6 Å². The SMILES string of the molecule is Cl.Cl.O=C(Nc1ccncc1)[C@H]1CC[C@H](NNCc2ccc(OCc3ccccc3)cc2)CC1. The summed E-state index contributed by atoms with van der Waals surface area (Å²) in [5.41, 5.74) is 9.91. The van der Waals surface area contributed by atoms with Gasteiger partial charge in [-0.2, -0.15) is 0 Å². The van der Waals surface area contributed by atoms with Gasteiger partial charge in [0, 0.05) is 36.6 Å². The van der Waals surface area contributed by atoms with Crippen molar-refractivity contribution in [3.8, 4) is 5.75 Å². The number of benzene rings is 2. The Kier molecular flexibility index (Phi) is 11.8. The molecule has 1 aromatic heterocycles. The van der Waals surface area contributed by atoms with Gasteiger partial charge in [0.2, 0.25) is 5.91 Å². The van der Waals surface area contributed by atoms with E-state index in [0.717, 1.165) is 49.2 Å². The fraction of sp³-hybridized carbons (Fsp3) is 0.308. The van der Waals surface area contributed by atoms with Crippen LogP contribution in [0.3, 0.4) is 0 Å². The number of rotatable bonds is 9. The highest BCUT2D eigenvalue weighted by Crippen LogP contribution is 2.25. The van der Waals surface area contributed by atoms with Gasteiger partial charge in [-0.05, 0) is 61.1 Å². The van der Waals surface area contributed by atoms with Crippen molar-refractivity contribution in [1.82, 2.24) is 15.8 Å². The molecule has 34 heavy (non-hydrogen) atoms. The number of nitrogens with one attached hydrogen (secondary N) is 3. The molecular formula is C26H32Cl2N4O2. The lowest BCUT2D eigenvalue weighted by Gasteiger charge is -2.28. The Morgan fingerprint density at radius 2 is 1.53 bits per heavy atom. The number of hydrogen-bond acceptors (Lipinski definition) is 5. The van der Waals surface area contributed by atoms with Crippen LogP contribution in [0.1, 0.15) is 36.8 Å². The average molecular weight is 503 g/mol. The van der Waals surface area contributed by atoms with Crippen molar-refractivity contribution in [3.63, 3.8) is 0 Å². The summed E-state index contributed by atoms with van der Waals surface area (Å²) in [6.07, 6.45) is 7.12. The molecule has 1 aliphatic rings. The smallest absolute Gasteiger partial charge is 0.227 e. The Labute approximate surface area is 213 Å². The van der Waals surface area contributed by atoms with Gasteiger partial charge in [-0.1, -0.05) is 42.5 Å². The van der Waals surface area contributed by atoms with E-state index in [1.807, 2.05) is 42.5 Å². The van der Waals surface area contributed by atoms with E-state index >= 15 is 0 Å². The van der Waals surface area contributed by atoms with Gasteiger partial charge in [0.05, 0.1) is 0 Å². The van der Waals surface area contributed by atoms with E-state index in [1.54, 1.807) is 12.4 Å². The first kappa shape index (κ1) is 27.6. The Morgan fingerprint density at radius 3 is 2.21 bits per heavy atom. The standard InChI is InChI=1S/C26H30N4O2.2ClH/c31-26(29-23-14-16-27-17-15-23)22-8-10-24(11-9-22)30-28-18-20-6-12-25(13-7-20)32-19-21-4-2-1-3-5-21;;/h1-7,12-17,22,24,28,30H,8-11,18-19H2,(H,27,29,31);2*1H/t22-,24-;;. The van der Waals surface area contributed by atoms with Crippen molar-refractivity contribution < 1.29 is 9.53 Å². The molecule has 4 rings (SSSR count). The molecule has 0 spiro atoms. The van der Waals surface area contributed by atoms with Crippen LogP contribution in [-0.4, -0.2) is 16.9 Å². The number of carbonyl (C=O) groups is 1. The van der Waals surface area contributed by atoms with Crippen LogP contribution < -0.4 is 20.9 Å². The third-order valence-electron chi connectivity index (χ3n) is 5.82. The highest BCUT2D eigenvalue weighted by Gasteiger charge is 2.26. The molecule has 1 fully saturated rings. The van der Waals surface area contributed by atoms with Gasteiger partial charge in [-0.15, -0.1) is 24.8 Å². The second-order valence-electron chi connectivity index (χ2n) is 8.19. The molecule has 0 bridgehead atoms. The van der Waals surface area contributed by atoms with E-state index in [1.165, 1.54) is 5.56 Å². The highest BCUT2D eigenvalue weighted by molar-refractivity contribution is 5.92. The topological polar surface area (TPSA) is 75.3 Å². The summed E-state index contributed by atoms with van der Waals surface area (Å²) in [4.78, 5) is 16.4. The molecule has 8 heteroatoms. The highest BCUT2D eigenvalue weighted by atomic mass is 35.5. The maximum Gasteiger partial charge on any atom is 0.227 e. The summed E-state index contributed by atoms with van der Waals surface area (Å²) < 4.78 is 5.84. The molecule has 182 valence electrons. The zero-order valence-corrected chi connectivity index (χ0v) is 20.6. The Balaban J connectivity index is 0.00000204. The van der Waals surface area contributed by atoms with Crippen molar-refractivity contribution in [2.75, 3.05) is 5.32 Å². The van der Waals surface area contributed by atoms with Crippen LogP contribution in [0.2, 0.25) is 0 Å². The van der Waals surface area contributed by atoms with Crippen molar-refractivity contribution >= 4 is 36.4 Å². The molecule has 1 aliphatic carbocycles. The lowest BCUT2D eigenvalue weighted by molar-refractivity contribution is -0.120. The number of aromatic nitrogens is 1. The van der Waals surface area contributed by atoms with Gasteiger partial charge >= 0.3 is 0 Å². The van der Waals surface area contributed by atoms with E-state index in [0.29, 0.717) is 12.6 Å². The molecule has 0 atom stereocenters. The Bertz CT molecular complexity index is 967. The van der Waals surface area contributed by atoms with Crippen LogP contribution in [-0.2, 0) is 17.9 Å². The van der Waals surface area contributed by atoms with Gasteiger partial charge in [0.15, 0.2) is 0 Å². The van der Waals surface area contributed by atoms with Gasteiger partial charge in [-0.3, -0.25) is 20.6 Å². The fourth-order valence-corrected chi connectivity index (χ4v) is 3.92. The number of nitrogens with zero attached hydrogens (tertiary/aromatic N) is 1. The lowest BCUT2D eigenvalue weighted by Crippen LogP contribution is -2.43. The lowest BCUT2D eigenvalue weighted by atomic mass is 9.85. The molecule has 3 N–H and O–H groups in total. The number of carbonyl (C=O) groups excluding carboxylic acids is 1. The molecular weight excluding hydrogens is 471 g/mol. The summed E-state index contributed by atoms with van der Waals surface area (Å²) in [6.45, 7) is 1.31. The number of halogens is 2. The average Bonchev–Trinajstić information content (AvgIpc) is 2.85. The minimum absolute atomic E-state index is 0. The number of hydrogen-bond donors (Lipinski definition) is 3. The van der Waals surface area contributed by atoms with Gasteiger partial charge in [0.1, 0.15) is 12.4 Å². The summed E-state index contributed by atoms with van der Waals surface area (Å²) in [6, 6.07) is 22.3. The van der Waals surface area contributed by atoms with Crippen molar-refractivity contribution in [3.05, 3.63) is 90.3 Å². The molecule has 1 amide bonds. The van der Waals surface area contributed by atoms with Crippen LogP contribution in [0.15, 0.2) is 79.1 Å². The van der Waals surface area contributed by atoms with Gasteiger partial charge < -0.3 is 10.1 Å². The summed E-state index contributed by atoms with van der Waals surface area (Å²) in [5.74, 6) is 1.05. The van der Waals surface area contributed by atoms with Crippen LogP contribution >= 0.6 is 24.8 Å². The normalized spacial score (nSPS) is 17.1. The van der Waals surface area contributed by atoms with E-state index < -0.39 is 0 Å². The minimum atomic E-state index is 0. The predicted octanol–water partition coefficient (Wildman–Crippen LogP) is 5.30. The number of pyridine rings is 1. The molecule has 0 saturated heterocycles. The summed E-state index contributed by atoms with van der Waals surface area (Å²) in [7, 11) is 0. The number of hydrazine groups is 1. The maximum absolute atomic E-state index is 12.5. The minimum Gasteiger partial charge on any atom is -0.489 e. The molecule has 2 aromatic carbocycles. The maximum atomic E-state index is 12.5. The Morgan fingerprint density at radius 1 is 0.853 bits per heavy atom. The van der Waals surface area contributed by atoms with Crippen molar-refractivity contribution in [1.29, 1.82) is 0 Å². The fourth-order valence-electron chi connectivity index (χ4n) is 3.92. The van der Waals surface area contributed by atoms with Crippen LogP contribution in [0, 0.1) is 5.92 Å². The van der Waals surface area contributed by atoms with Crippen molar-refractivity contribution in [2.24, 2.45) is 5.92 Å². The molecule has 0 radical (unpaired) electrons. The molecule has 0 aliphatic heterocycles. The number of amides is 1. The predicted molar refractivity (Wildman–Crippen MR) is 140 cm³/mol. The molecule has 1 heterocycles. The first-order valence-corrected chi connectivity index (χ1v) is 11.2. The number of anilines is 1. The third kappa shape index (κ3) is 8.61. The summed E-state index contributed by atoms with van der Waals surface area (Å²) >= 11 is 0. The number of ether oxygens (including phenoxy) is 1. The quantitative estimate of drug-likeness (QED) is 0.346. The monoisotopic (exact) mass is 502 g/mol. The van der Waals surface area contributed by atoms with Crippen LogP contribution in [0.5, 0.6) is 5.75 Å². The second-order valence-corrected chi connectivity index (χ2v) is 8.19. The second kappa shape index (κ2) is 14.6. The van der Waals surface area contributed by atoms with E-state index in [2.05, 4.69) is 45.4 Å². The molecule has 3 aromatic rings. The molecule has 1 saturated carbocycles. The van der Waals surface area contributed by atoms with E-state index in [9.17, 15) is 4.79 Å². The summed E-state index contributed by atoms with van der Waals surface area (Å²) in [5, 5.41) is 2.99. The van der Waals surface area contributed by atoms with Gasteiger partial charge in [0.25, 0.3) is 0 Å². The van der Waals surface area contributed by atoms with E-state index in [4.69, 9.17) is 4.74 Å².